The van der Waals surface area contributed by atoms with Crippen molar-refractivity contribution in [2.75, 3.05) is 0 Å². The molecule has 0 saturated heterocycles. The van der Waals surface area contributed by atoms with E-state index in [1.807, 2.05) is 0 Å². The van der Waals surface area contributed by atoms with Crippen LogP contribution in [0.15, 0.2) is 47.4 Å². The smallest absolute Gasteiger partial charge is 0.872 e. The van der Waals surface area contributed by atoms with Crippen molar-refractivity contribution in [1.82, 2.24) is 0 Å². The summed E-state index contributed by atoms with van der Waals surface area (Å²) in [6.45, 7) is 2.18. The van der Waals surface area contributed by atoms with Crippen LogP contribution in [0.25, 0.3) is 0 Å². The second-order valence-electron chi connectivity index (χ2n) is 6.34. The average molecular weight is 417 g/mol. The summed E-state index contributed by atoms with van der Waals surface area (Å²) in [7, 11) is -4.32. The monoisotopic (exact) mass is 416 g/mol. The van der Waals surface area contributed by atoms with Crippen LogP contribution < -0.4 is 61.2 Å². The third-order valence-electron chi connectivity index (χ3n) is 4.17. The molecule has 0 bridgehead atoms. The molecule has 0 aliphatic carbocycles. The zero-order chi connectivity index (χ0) is 19.0. The van der Waals surface area contributed by atoms with Crippen molar-refractivity contribution in [1.29, 1.82) is 0 Å². The molecule has 0 atom stereocenters. The van der Waals surface area contributed by atoms with E-state index in [0.717, 1.165) is 24.8 Å². The van der Waals surface area contributed by atoms with Crippen LogP contribution in [0.4, 0.5) is 0 Å². The summed E-state index contributed by atoms with van der Waals surface area (Å²) in [5.41, 5.74) is 0.851. The van der Waals surface area contributed by atoms with E-state index in [0.29, 0.717) is 11.5 Å². The molecule has 0 radical (unpaired) electrons. The standard InChI is InChI=1S/C20H26O5S.K/c1-2-3-4-5-6-7-9-16-12-13-19(26(22,23)24)15-20(16)25-18-11-8-10-17(21)14-18;/h8,10-15,21H,2-7,9H2,1H3,(H,22,23,24);/q;+1/p-1. The first-order chi connectivity index (χ1) is 12.4. The fraction of sp³-hybridized carbons (Fsp3) is 0.400. The molecular weight excluding hydrogens is 391 g/mol. The summed E-state index contributed by atoms with van der Waals surface area (Å²) in [6.07, 6.45) is 7.63. The van der Waals surface area contributed by atoms with E-state index in [-0.39, 0.29) is 62.0 Å². The summed E-state index contributed by atoms with van der Waals surface area (Å²) in [5, 5.41) is 11.5. The summed E-state index contributed by atoms with van der Waals surface area (Å²) in [4.78, 5) is -0.225. The Morgan fingerprint density at radius 3 is 2.37 bits per heavy atom. The summed E-state index contributed by atoms with van der Waals surface area (Å²) in [5.74, 6) is 0.499. The second kappa shape index (κ2) is 12.2. The van der Waals surface area contributed by atoms with Gasteiger partial charge in [-0.05, 0) is 36.6 Å². The van der Waals surface area contributed by atoms with E-state index in [1.54, 1.807) is 18.2 Å². The molecule has 1 N–H and O–H groups in total. The topological polar surface area (TPSA) is 86.7 Å². The van der Waals surface area contributed by atoms with Crippen LogP contribution in [0, 0.1) is 0 Å². The third kappa shape index (κ3) is 8.64. The molecule has 0 aliphatic rings. The van der Waals surface area contributed by atoms with Crippen molar-refractivity contribution in [3.8, 4) is 17.2 Å². The fourth-order valence-corrected chi connectivity index (χ4v) is 3.25. The Bertz CT molecular complexity index is 821. The quantitative estimate of drug-likeness (QED) is 0.362. The minimum absolute atomic E-state index is 0. The number of aryl methyl sites for hydroxylation is 1. The molecular formula is C20H25KO5S. The van der Waals surface area contributed by atoms with E-state index in [1.165, 1.54) is 49.9 Å². The van der Waals surface area contributed by atoms with Gasteiger partial charge in [-0.1, -0.05) is 57.2 Å². The van der Waals surface area contributed by atoms with Crippen molar-refractivity contribution < 1.29 is 74.2 Å². The fourth-order valence-electron chi connectivity index (χ4n) is 2.76. The Balaban J connectivity index is 0.00000364. The minimum Gasteiger partial charge on any atom is -0.872 e. The maximum Gasteiger partial charge on any atom is 1.00 e. The van der Waals surface area contributed by atoms with Crippen molar-refractivity contribution in [3.05, 3.63) is 48.0 Å². The van der Waals surface area contributed by atoms with E-state index >= 15 is 0 Å². The molecule has 142 valence electrons. The molecule has 0 fully saturated rings. The Kier molecular flexibility index (Phi) is 11.1. The van der Waals surface area contributed by atoms with Crippen molar-refractivity contribution in [2.24, 2.45) is 0 Å². The van der Waals surface area contributed by atoms with E-state index in [9.17, 15) is 18.1 Å². The molecule has 7 heteroatoms. The average Bonchev–Trinajstić information content (AvgIpc) is 2.58. The Hall–Kier alpha value is -0.414. The predicted molar refractivity (Wildman–Crippen MR) is 99.3 cm³/mol. The first kappa shape index (κ1) is 24.6. The number of benzene rings is 2. The molecule has 0 unspecified atom stereocenters. The molecule has 0 spiro atoms. The van der Waals surface area contributed by atoms with Gasteiger partial charge in [0.05, 0.1) is 4.90 Å². The minimum atomic E-state index is -4.32. The van der Waals surface area contributed by atoms with Gasteiger partial charge in [-0.15, -0.1) is 5.75 Å². The van der Waals surface area contributed by atoms with E-state index in [4.69, 9.17) is 4.74 Å². The van der Waals surface area contributed by atoms with Crippen LogP contribution in [0.3, 0.4) is 0 Å². The van der Waals surface area contributed by atoms with Gasteiger partial charge in [-0.2, -0.15) is 8.42 Å². The van der Waals surface area contributed by atoms with Crippen LogP contribution in [0.5, 0.6) is 17.2 Å². The van der Waals surface area contributed by atoms with Crippen molar-refractivity contribution in [3.63, 3.8) is 0 Å². The Morgan fingerprint density at radius 1 is 1.00 bits per heavy atom. The van der Waals surface area contributed by atoms with Crippen LogP contribution in [0.2, 0.25) is 0 Å². The van der Waals surface area contributed by atoms with Gasteiger partial charge in [0.1, 0.15) is 11.5 Å². The maximum absolute atomic E-state index is 11.5. The number of hydrogen-bond acceptors (Lipinski definition) is 4. The molecule has 0 amide bonds. The third-order valence-corrected chi connectivity index (χ3v) is 5.02. The molecule has 2 aromatic rings. The summed E-state index contributed by atoms with van der Waals surface area (Å²) >= 11 is 0. The first-order valence-corrected chi connectivity index (χ1v) is 10.4. The normalized spacial score (nSPS) is 11.0. The number of hydrogen-bond donors (Lipinski definition) is 1. The van der Waals surface area contributed by atoms with Gasteiger partial charge in [0.2, 0.25) is 0 Å². The first-order valence-electron chi connectivity index (χ1n) is 8.95. The van der Waals surface area contributed by atoms with Crippen molar-refractivity contribution >= 4 is 10.1 Å². The zero-order valence-electron chi connectivity index (χ0n) is 16.0. The van der Waals surface area contributed by atoms with Gasteiger partial charge in [0.15, 0.2) is 0 Å². The van der Waals surface area contributed by atoms with Gasteiger partial charge in [-0.3, -0.25) is 4.55 Å². The molecule has 0 aromatic heterocycles. The van der Waals surface area contributed by atoms with E-state index < -0.39 is 10.1 Å². The largest absolute Gasteiger partial charge is 1.00 e. The number of rotatable bonds is 10. The van der Waals surface area contributed by atoms with Gasteiger partial charge in [0.25, 0.3) is 10.1 Å². The molecule has 0 aliphatic heterocycles. The van der Waals surface area contributed by atoms with Crippen molar-refractivity contribution in [2.45, 2.75) is 56.8 Å². The molecule has 27 heavy (non-hydrogen) atoms. The SMILES string of the molecule is CCCCCCCCc1ccc(S(=O)(=O)O)cc1Oc1cccc([O-])c1.[K+]. The summed E-state index contributed by atoms with van der Waals surface area (Å²) < 4.78 is 37.9. The Labute approximate surface area is 204 Å². The van der Waals surface area contributed by atoms with Crippen LogP contribution in [-0.2, 0) is 16.5 Å². The van der Waals surface area contributed by atoms with Crippen LogP contribution >= 0.6 is 0 Å². The maximum atomic E-state index is 11.5. The molecule has 5 nitrogen and oxygen atoms in total. The number of ether oxygens (including phenoxy) is 1. The zero-order valence-corrected chi connectivity index (χ0v) is 19.9. The number of unbranched alkanes of at least 4 members (excludes halogenated alkanes) is 5. The molecule has 2 rings (SSSR count). The molecule has 0 heterocycles. The van der Waals surface area contributed by atoms with E-state index in [2.05, 4.69) is 6.92 Å². The summed E-state index contributed by atoms with van der Waals surface area (Å²) in [6, 6.07) is 10.3. The van der Waals surface area contributed by atoms with Crippen LogP contribution in [0.1, 0.15) is 51.0 Å². The molecule has 2 aromatic carbocycles. The van der Waals surface area contributed by atoms with Gasteiger partial charge < -0.3 is 9.84 Å². The second-order valence-corrected chi connectivity index (χ2v) is 7.76. The van der Waals surface area contributed by atoms with Gasteiger partial charge in [-0.25, -0.2) is 0 Å². The van der Waals surface area contributed by atoms with Gasteiger partial charge >= 0.3 is 51.4 Å². The predicted octanol–water partition coefficient (Wildman–Crippen LogP) is 1.71. The Morgan fingerprint density at radius 2 is 1.70 bits per heavy atom. The van der Waals surface area contributed by atoms with Crippen LogP contribution in [-0.4, -0.2) is 13.0 Å². The molecule has 0 saturated carbocycles. The van der Waals surface area contributed by atoms with Gasteiger partial charge in [0, 0.05) is 6.07 Å².